The third-order valence-electron chi connectivity index (χ3n) is 3.33. The predicted octanol–water partition coefficient (Wildman–Crippen LogP) is 1.05. The van der Waals surface area contributed by atoms with E-state index in [1.54, 1.807) is 0 Å². The summed E-state index contributed by atoms with van der Waals surface area (Å²) in [5.41, 5.74) is 5.93. The fraction of sp³-hybridized carbons (Fsp3) is 0.917. The molecule has 1 amide bonds. The number of nitrogens with two attached hydrogens (primary N) is 1. The molecule has 1 rings (SSSR count). The second kappa shape index (κ2) is 6.21. The Morgan fingerprint density at radius 1 is 1.50 bits per heavy atom. The van der Waals surface area contributed by atoms with Gasteiger partial charge in [-0.2, -0.15) is 0 Å². The van der Waals surface area contributed by atoms with Gasteiger partial charge in [0, 0.05) is 19.8 Å². The number of carbonyl (C=O) groups excluding carboxylic acids is 1. The van der Waals surface area contributed by atoms with Gasteiger partial charge in [0.15, 0.2) is 0 Å². The molecular formula is C12H24N2O2. The third-order valence-corrected chi connectivity index (χ3v) is 3.33. The van der Waals surface area contributed by atoms with Crippen LogP contribution in [0.25, 0.3) is 0 Å². The van der Waals surface area contributed by atoms with Gasteiger partial charge in [-0.25, -0.2) is 0 Å². The number of hydrogen-bond acceptors (Lipinski definition) is 3. The summed E-state index contributed by atoms with van der Waals surface area (Å²) in [7, 11) is 0. The lowest BCUT2D eigenvalue weighted by Gasteiger charge is -2.33. The first kappa shape index (κ1) is 13.5. The molecule has 1 unspecified atom stereocenters. The molecule has 3 N–H and O–H groups in total. The van der Waals surface area contributed by atoms with E-state index < -0.39 is 0 Å². The first-order valence-corrected chi connectivity index (χ1v) is 6.18. The second-order valence-electron chi connectivity index (χ2n) is 5.04. The fourth-order valence-corrected chi connectivity index (χ4v) is 1.91. The van der Waals surface area contributed by atoms with Gasteiger partial charge in [0.1, 0.15) is 0 Å². The van der Waals surface area contributed by atoms with Crippen LogP contribution in [-0.4, -0.2) is 31.7 Å². The summed E-state index contributed by atoms with van der Waals surface area (Å²) in [6, 6.07) is -0.353. The molecule has 0 radical (unpaired) electrons. The van der Waals surface area contributed by atoms with Crippen molar-refractivity contribution in [1.82, 2.24) is 5.32 Å². The van der Waals surface area contributed by atoms with E-state index in [1.165, 1.54) is 0 Å². The number of ether oxygens (including phenoxy) is 1. The molecule has 4 heteroatoms. The van der Waals surface area contributed by atoms with Crippen LogP contribution >= 0.6 is 0 Å². The smallest absolute Gasteiger partial charge is 0.236 e. The molecule has 1 heterocycles. The lowest BCUT2D eigenvalue weighted by molar-refractivity contribution is -0.123. The lowest BCUT2D eigenvalue weighted by Crippen LogP contribution is -2.46. The van der Waals surface area contributed by atoms with E-state index in [9.17, 15) is 4.79 Å². The van der Waals surface area contributed by atoms with Crippen molar-refractivity contribution in [3.8, 4) is 0 Å². The zero-order valence-corrected chi connectivity index (χ0v) is 10.4. The molecule has 4 nitrogen and oxygen atoms in total. The number of hydrogen-bond donors (Lipinski definition) is 2. The summed E-state index contributed by atoms with van der Waals surface area (Å²) in [4.78, 5) is 11.7. The molecule has 94 valence electrons. The molecule has 0 saturated carbocycles. The van der Waals surface area contributed by atoms with Crippen molar-refractivity contribution in [3.63, 3.8) is 0 Å². The quantitative estimate of drug-likeness (QED) is 0.739. The Hall–Kier alpha value is -0.610. The van der Waals surface area contributed by atoms with Crippen LogP contribution in [0.5, 0.6) is 0 Å². The van der Waals surface area contributed by atoms with E-state index in [1.807, 2.05) is 6.92 Å². The molecular weight excluding hydrogens is 204 g/mol. The molecule has 0 spiro atoms. The molecule has 0 aromatic carbocycles. The first-order chi connectivity index (χ1) is 7.57. The maximum atomic E-state index is 11.7. The zero-order valence-electron chi connectivity index (χ0n) is 10.4. The van der Waals surface area contributed by atoms with Crippen LogP contribution in [0.3, 0.4) is 0 Å². The molecule has 1 aliphatic rings. The maximum Gasteiger partial charge on any atom is 0.236 e. The minimum Gasteiger partial charge on any atom is -0.381 e. The van der Waals surface area contributed by atoms with E-state index in [0.717, 1.165) is 38.9 Å². The van der Waals surface area contributed by atoms with Gasteiger partial charge in [-0.3, -0.25) is 4.79 Å². The van der Waals surface area contributed by atoms with E-state index in [2.05, 4.69) is 12.2 Å². The molecule has 1 aliphatic heterocycles. The van der Waals surface area contributed by atoms with E-state index in [-0.39, 0.29) is 17.4 Å². The zero-order chi connectivity index (χ0) is 12.0. The Labute approximate surface area is 97.9 Å². The Balaban J connectivity index is 2.29. The largest absolute Gasteiger partial charge is 0.381 e. The van der Waals surface area contributed by atoms with Crippen LogP contribution in [0.2, 0.25) is 0 Å². The minimum atomic E-state index is -0.353. The van der Waals surface area contributed by atoms with E-state index in [4.69, 9.17) is 10.5 Å². The average molecular weight is 228 g/mol. The van der Waals surface area contributed by atoms with Gasteiger partial charge in [-0.05, 0) is 24.7 Å². The van der Waals surface area contributed by atoms with Gasteiger partial charge in [0.25, 0.3) is 0 Å². The van der Waals surface area contributed by atoms with Gasteiger partial charge < -0.3 is 15.8 Å². The van der Waals surface area contributed by atoms with Crippen molar-refractivity contribution in [2.75, 3.05) is 19.8 Å². The van der Waals surface area contributed by atoms with Crippen molar-refractivity contribution in [2.24, 2.45) is 11.1 Å². The highest BCUT2D eigenvalue weighted by Gasteiger charge is 2.28. The average Bonchev–Trinajstić information content (AvgIpc) is 2.27. The number of amides is 1. The summed E-state index contributed by atoms with van der Waals surface area (Å²) < 4.78 is 5.32. The molecule has 0 bridgehead atoms. The molecule has 1 fully saturated rings. The van der Waals surface area contributed by atoms with Crippen molar-refractivity contribution in [1.29, 1.82) is 0 Å². The highest BCUT2D eigenvalue weighted by atomic mass is 16.5. The van der Waals surface area contributed by atoms with Crippen LogP contribution in [-0.2, 0) is 9.53 Å². The predicted molar refractivity (Wildman–Crippen MR) is 64.1 cm³/mol. The van der Waals surface area contributed by atoms with Gasteiger partial charge in [-0.1, -0.05) is 20.3 Å². The van der Waals surface area contributed by atoms with E-state index in [0.29, 0.717) is 6.54 Å². The Morgan fingerprint density at radius 3 is 2.69 bits per heavy atom. The minimum absolute atomic E-state index is 0.0189. The topological polar surface area (TPSA) is 64.4 Å². The SMILES string of the molecule is CCCC(N)C(=O)NCC1(C)CCOCC1. The Morgan fingerprint density at radius 2 is 2.12 bits per heavy atom. The van der Waals surface area contributed by atoms with Gasteiger partial charge in [-0.15, -0.1) is 0 Å². The highest BCUT2D eigenvalue weighted by molar-refractivity contribution is 5.81. The lowest BCUT2D eigenvalue weighted by atomic mass is 9.82. The number of rotatable bonds is 5. The summed E-state index contributed by atoms with van der Waals surface area (Å²) >= 11 is 0. The molecule has 1 atom stereocenters. The summed E-state index contributed by atoms with van der Waals surface area (Å²) in [5.74, 6) is -0.0189. The summed E-state index contributed by atoms with van der Waals surface area (Å²) in [5, 5.41) is 2.96. The molecule has 0 aromatic heterocycles. The number of carbonyl (C=O) groups is 1. The van der Waals surface area contributed by atoms with Gasteiger partial charge in [0.05, 0.1) is 6.04 Å². The Kier molecular flexibility index (Phi) is 5.22. The number of nitrogens with one attached hydrogen (secondary N) is 1. The summed E-state index contributed by atoms with van der Waals surface area (Å²) in [6.45, 7) is 6.54. The molecule has 16 heavy (non-hydrogen) atoms. The molecule has 1 saturated heterocycles. The monoisotopic (exact) mass is 228 g/mol. The van der Waals surface area contributed by atoms with Crippen LogP contribution in [0, 0.1) is 5.41 Å². The fourth-order valence-electron chi connectivity index (χ4n) is 1.91. The van der Waals surface area contributed by atoms with Crippen LogP contribution in [0.1, 0.15) is 39.5 Å². The second-order valence-corrected chi connectivity index (χ2v) is 5.04. The van der Waals surface area contributed by atoms with Crippen LogP contribution < -0.4 is 11.1 Å². The third kappa shape index (κ3) is 4.10. The van der Waals surface area contributed by atoms with Gasteiger partial charge >= 0.3 is 0 Å². The normalized spacial score (nSPS) is 21.4. The van der Waals surface area contributed by atoms with Crippen molar-refractivity contribution < 1.29 is 9.53 Å². The van der Waals surface area contributed by atoms with Crippen molar-refractivity contribution in [2.45, 2.75) is 45.6 Å². The van der Waals surface area contributed by atoms with Crippen molar-refractivity contribution in [3.05, 3.63) is 0 Å². The van der Waals surface area contributed by atoms with Crippen molar-refractivity contribution >= 4 is 5.91 Å². The standard InChI is InChI=1S/C12H24N2O2/c1-3-4-10(13)11(15)14-9-12(2)5-7-16-8-6-12/h10H,3-9,13H2,1-2H3,(H,14,15). The van der Waals surface area contributed by atoms with Gasteiger partial charge in [0.2, 0.25) is 5.91 Å². The van der Waals surface area contributed by atoms with Crippen LogP contribution in [0.4, 0.5) is 0 Å². The highest BCUT2D eigenvalue weighted by Crippen LogP contribution is 2.28. The maximum absolute atomic E-state index is 11.7. The van der Waals surface area contributed by atoms with Crippen LogP contribution in [0.15, 0.2) is 0 Å². The summed E-state index contributed by atoms with van der Waals surface area (Å²) in [6.07, 6.45) is 3.72. The first-order valence-electron chi connectivity index (χ1n) is 6.18. The van der Waals surface area contributed by atoms with E-state index >= 15 is 0 Å². The Bertz CT molecular complexity index is 225. The molecule has 0 aromatic rings. The molecule has 0 aliphatic carbocycles.